The van der Waals surface area contributed by atoms with Gasteiger partial charge in [0.2, 0.25) is 0 Å². The van der Waals surface area contributed by atoms with Crippen molar-refractivity contribution in [1.82, 2.24) is 0 Å². The monoisotopic (exact) mass is 268 g/mol. The first-order valence-corrected chi connectivity index (χ1v) is 15.0. The summed E-state index contributed by atoms with van der Waals surface area (Å²) in [7, 11) is 20.9. The second kappa shape index (κ2) is 1.85. The molecule has 0 aromatic rings. The van der Waals surface area contributed by atoms with E-state index in [2.05, 4.69) is 0 Å². The molecule has 0 N–H and O–H groups in total. The van der Waals surface area contributed by atoms with E-state index in [1.807, 2.05) is 0 Å². The number of hydrogen-bond donors (Lipinski definition) is 0. The molecule has 0 amide bonds. The molecule has 0 fully saturated rings. The Morgan fingerprint density at radius 3 is 0.667 bits per heavy atom. The first-order chi connectivity index (χ1) is 2.24. The molecular formula is Cl5Nb. The molecule has 0 unspecified atom stereocenters. The summed E-state index contributed by atoms with van der Waals surface area (Å²) in [6.07, 6.45) is 0. The average Bonchev–Trinajstić information content (AvgIpc) is 0.650. The quantitative estimate of drug-likeness (QED) is 0.591. The van der Waals surface area contributed by atoms with Crippen molar-refractivity contribution in [3.05, 3.63) is 0 Å². The number of hydrogen-bond acceptors (Lipinski definition) is 0. The summed E-state index contributed by atoms with van der Waals surface area (Å²) < 4.78 is 0. The molecule has 0 radical (unpaired) electrons. The summed E-state index contributed by atoms with van der Waals surface area (Å²) >= 11 is 0. The Morgan fingerprint density at radius 1 is 0.667 bits per heavy atom. The van der Waals surface area contributed by atoms with Crippen molar-refractivity contribution in [2.75, 3.05) is 0 Å². The third-order valence-corrected chi connectivity index (χ3v) is 0. The van der Waals surface area contributed by atoms with Gasteiger partial charge in [-0.15, -0.1) is 0 Å². The Labute approximate surface area is 55.7 Å². The van der Waals surface area contributed by atoms with Gasteiger partial charge in [0.15, 0.2) is 0 Å². The van der Waals surface area contributed by atoms with Crippen LogP contribution in [-0.2, 0) is 10.4 Å². The van der Waals surface area contributed by atoms with E-state index >= 15 is 0 Å². The van der Waals surface area contributed by atoms with Crippen molar-refractivity contribution in [1.29, 1.82) is 0 Å². The van der Waals surface area contributed by atoms with Crippen LogP contribution >= 0.6 is 45.9 Å². The van der Waals surface area contributed by atoms with E-state index in [-0.39, 0.29) is 0 Å². The Bertz CT molecular complexity index is 37.1. The van der Waals surface area contributed by atoms with Gasteiger partial charge in [-0.1, -0.05) is 0 Å². The van der Waals surface area contributed by atoms with Gasteiger partial charge < -0.3 is 0 Å². The Hall–Kier alpha value is 2.19. The standard InChI is InChI=1S/5ClH.Nb/h5*1H;/q;;;;;+5/p-5. The summed E-state index contributed by atoms with van der Waals surface area (Å²) in [5.74, 6) is 0. The molecule has 0 atom stereocenters. The molecule has 0 aromatic carbocycles. The summed E-state index contributed by atoms with van der Waals surface area (Å²) in [6.45, 7) is 0. The van der Waals surface area contributed by atoms with E-state index in [0.29, 0.717) is 0 Å². The van der Waals surface area contributed by atoms with Gasteiger partial charge in [0.05, 0.1) is 0 Å². The van der Waals surface area contributed by atoms with Crippen LogP contribution in [0.15, 0.2) is 0 Å². The van der Waals surface area contributed by atoms with Crippen LogP contribution in [0.4, 0.5) is 0 Å². The van der Waals surface area contributed by atoms with Gasteiger partial charge in [-0.25, -0.2) is 0 Å². The second-order valence-corrected chi connectivity index (χ2v) is 34.0. The molecule has 40 valence electrons. The fraction of sp³-hybridized carbons (Fsp3) is 0. The van der Waals surface area contributed by atoms with E-state index in [0.717, 1.165) is 0 Å². The van der Waals surface area contributed by atoms with Crippen LogP contribution in [0.5, 0.6) is 0 Å². The van der Waals surface area contributed by atoms with Crippen molar-refractivity contribution in [2.45, 2.75) is 0 Å². The van der Waals surface area contributed by atoms with Gasteiger partial charge in [0.1, 0.15) is 0 Å². The van der Waals surface area contributed by atoms with Crippen molar-refractivity contribution >= 4 is 45.9 Å². The van der Waals surface area contributed by atoms with E-state index in [4.69, 9.17) is 45.9 Å². The molecule has 0 heterocycles. The normalized spacial score (nSPS) is 19.2. The second-order valence-electron chi connectivity index (χ2n) is 0.639. The Balaban J connectivity index is 3.73. The molecular weight excluding hydrogens is 270 g/mol. The van der Waals surface area contributed by atoms with Crippen LogP contribution in [0.2, 0.25) is 0 Å². The number of rotatable bonds is 0. The van der Waals surface area contributed by atoms with Gasteiger partial charge in [-0.05, 0) is 0 Å². The zero-order valence-corrected chi connectivity index (χ0v) is 8.32. The predicted octanol–water partition coefficient (Wildman–Crippen LogP) is 3.44. The zero-order valence-electron chi connectivity index (χ0n) is 2.34. The third kappa shape index (κ3) is 34.8. The summed E-state index contributed by atoms with van der Waals surface area (Å²) in [4.78, 5) is 0. The van der Waals surface area contributed by atoms with Gasteiger partial charge in [0, 0.05) is 0 Å². The van der Waals surface area contributed by atoms with E-state index in [9.17, 15) is 0 Å². The van der Waals surface area contributed by atoms with Crippen LogP contribution in [0, 0.1) is 0 Å². The third-order valence-electron chi connectivity index (χ3n) is 0. The minimum absolute atomic E-state index is 4.33. The molecule has 0 nitrogen and oxygen atoms in total. The van der Waals surface area contributed by atoms with Crippen molar-refractivity contribution in [2.24, 2.45) is 0 Å². The molecule has 6 heteroatoms. The molecule has 0 aliphatic heterocycles. The fourth-order valence-corrected chi connectivity index (χ4v) is 0. The molecule has 0 saturated heterocycles. The average molecular weight is 270 g/mol. The number of halogens is 5. The van der Waals surface area contributed by atoms with Crippen LogP contribution in [0.25, 0.3) is 0 Å². The maximum atomic E-state index is 5.05. The van der Waals surface area contributed by atoms with Gasteiger partial charge in [0.25, 0.3) is 0 Å². The van der Waals surface area contributed by atoms with Crippen LogP contribution < -0.4 is 0 Å². The summed E-state index contributed by atoms with van der Waals surface area (Å²) in [5, 5.41) is 0. The van der Waals surface area contributed by atoms with Crippen LogP contribution in [-0.4, -0.2) is 0 Å². The zero-order chi connectivity index (χ0) is 5.45. The van der Waals surface area contributed by atoms with Crippen molar-refractivity contribution in [3.8, 4) is 0 Å². The van der Waals surface area contributed by atoms with Gasteiger partial charge in [-0.2, -0.15) is 0 Å². The summed E-state index contributed by atoms with van der Waals surface area (Å²) in [5.41, 5.74) is 0. The molecule has 0 aliphatic carbocycles. The molecule has 0 aliphatic rings. The fourth-order valence-electron chi connectivity index (χ4n) is 0. The van der Waals surface area contributed by atoms with E-state index < -0.39 is 10.4 Å². The maximum absolute atomic E-state index is 5.05. The minimum atomic E-state index is -4.33. The molecule has 0 aromatic heterocycles. The van der Waals surface area contributed by atoms with Crippen LogP contribution in [0.3, 0.4) is 0 Å². The Kier molecular flexibility index (Phi) is 2.53. The molecule has 0 saturated carbocycles. The van der Waals surface area contributed by atoms with Crippen LogP contribution in [0.1, 0.15) is 0 Å². The van der Waals surface area contributed by atoms with E-state index in [1.165, 1.54) is 0 Å². The molecule has 0 bridgehead atoms. The van der Waals surface area contributed by atoms with Gasteiger partial charge >= 0.3 is 56.4 Å². The SMILES string of the molecule is [Cl][Nb]([Cl])([Cl])([Cl])[Cl]. The van der Waals surface area contributed by atoms with Crippen molar-refractivity contribution in [3.63, 3.8) is 0 Å². The summed E-state index contributed by atoms with van der Waals surface area (Å²) in [6, 6.07) is 0. The molecule has 0 spiro atoms. The van der Waals surface area contributed by atoms with Gasteiger partial charge in [-0.3, -0.25) is 0 Å². The first-order valence-electron chi connectivity index (χ1n) is 0.845. The molecule has 0 rings (SSSR count). The predicted molar refractivity (Wildman–Crippen MR) is 29.3 cm³/mol. The molecule has 6 heavy (non-hydrogen) atoms. The van der Waals surface area contributed by atoms with E-state index in [1.54, 1.807) is 0 Å². The topological polar surface area (TPSA) is 0 Å². The first kappa shape index (κ1) is 8.19. The van der Waals surface area contributed by atoms with Crippen molar-refractivity contribution < 1.29 is 10.4 Å². The Morgan fingerprint density at radius 2 is 0.667 bits per heavy atom.